The zero-order chi connectivity index (χ0) is 20.2. The third-order valence-corrected chi connectivity index (χ3v) is 6.25. The van der Waals surface area contributed by atoms with E-state index in [1.807, 2.05) is 18.2 Å². The van der Waals surface area contributed by atoms with Gasteiger partial charge in [0.05, 0.1) is 12.2 Å². The Morgan fingerprint density at radius 2 is 2.07 bits per heavy atom. The average molecular weight is 412 g/mol. The van der Waals surface area contributed by atoms with Crippen molar-refractivity contribution < 1.29 is 4.84 Å². The molecular formula is C22H26ClN5O. The minimum absolute atomic E-state index is 0.00446. The maximum absolute atomic E-state index is 6.20. The molecule has 3 heterocycles. The van der Waals surface area contributed by atoms with Crippen LogP contribution in [0.25, 0.3) is 11.2 Å². The normalized spacial score (nSPS) is 24.3. The number of benzene rings is 1. The van der Waals surface area contributed by atoms with Gasteiger partial charge in [-0.15, -0.1) is 0 Å². The van der Waals surface area contributed by atoms with E-state index in [2.05, 4.69) is 37.3 Å². The number of H-pyrrole nitrogens is 1. The fourth-order valence-electron chi connectivity index (χ4n) is 4.32. The molecule has 0 bridgehead atoms. The van der Waals surface area contributed by atoms with Gasteiger partial charge in [0, 0.05) is 22.8 Å². The monoisotopic (exact) mass is 411 g/mol. The van der Waals surface area contributed by atoms with Crippen molar-refractivity contribution in [2.75, 3.05) is 6.54 Å². The zero-order valence-electron chi connectivity index (χ0n) is 17.1. The van der Waals surface area contributed by atoms with Crippen LogP contribution in [0, 0.1) is 0 Å². The number of nitrogens with zero attached hydrogens (tertiary/aromatic N) is 3. The predicted octanol–water partition coefficient (Wildman–Crippen LogP) is 4.44. The fourth-order valence-corrected chi connectivity index (χ4v) is 4.54. The number of rotatable bonds is 3. The van der Waals surface area contributed by atoms with Gasteiger partial charge < -0.3 is 4.98 Å². The molecule has 2 atom stereocenters. The summed E-state index contributed by atoms with van der Waals surface area (Å²) in [7, 11) is 0. The molecule has 5 rings (SSSR count). The summed E-state index contributed by atoms with van der Waals surface area (Å²) < 4.78 is 0. The molecule has 0 amide bonds. The second kappa shape index (κ2) is 6.76. The first-order valence-electron chi connectivity index (χ1n) is 10.2. The number of fused-ring (bicyclic) bond motifs is 1. The number of hydroxylamine groups is 1. The van der Waals surface area contributed by atoms with E-state index < -0.39 is 0 Å². The van der Waals surface area contributed by atoms with E-state index in [0.29, 0.717) is 12.3 Å². The van der Waals surface area contributed by atoms with Crippen molar-refractivity contribution in [2.45, 2.75) is 63.4 Å². The van der Waals surface area contributed by atoms with Gasteiger partial charge in [0.15, 0.2) is 5.65 Å². The number of hydrogen-bond donors (Lipinski definition) is 2. The minimum Gasteiger partial charge on any atom is -0.339 e. The first-order valence-corrected chi connectivity index (χ1v) is 10.6. The molecule has 2 unspecified atom stereocenters. The van der Waals surface area contributed by atoms with Crippen molar-refractivity contribution in [2.24, 2.45) is 0 Å². The highest BCUT2D eigenvalue weighted by Gasteiger charge is 2.47. The van der Waals surface area contributed by atoms with Crippen molar-refractivity contribution in [3.05, 3.63) is 52.2 Å². The van der Waals surface area contributed by atoms with Crippen molar-refractivity contribution in [1.29, 1.82) is 0 Å². The summed E-state index contributed by atoms with van der Waals surface area (Å²) in [6.07, 6.45) is 3.82. The summed E-state index contributed by atoms with van der Waals surface area (Å²) in [5.74, 6) is 2.18. The molecule has 7 heteroatoms. The van der Waals surface area contributed by atoms with Crippen LogP contribution in [0.15, 0.2) is 24.3 Å². The van der Waals surface area contributed by atoms with E-state index in [1.165, 1.54) is 0 Å². The number of aromatic nitrogens is 4. The Morgan fingerprint density at radius 3 is 2.72 bits per heavy atom. The third-order valence-electron chi connectivity index (χ3n) is 6.01. The summed E-state index contributed by atoms with van der Waals surface area (Å²) in [6.45, 7) is 7.32. The molecule has 6 nitrogen and oxygen atoms in total. The molecule has 2 fully saturated rings. The van der Waals surface area contributed by atoms with Crippen molar-refractivity contribution in [1.82, 2.24) is 25.4 Å². The molecule has 152 valence electrons. The highest BCUT2D eigenvalue weighted by molar-refractivity contribution is 6.30. The number of hydrogen-bond acceptors (Lipinski definition) is 5. The maximum atomic E-state index is 6.20. The molecule has 2 N–H and O–H groups in total. The van der Waals surface area contributed by atoms with Crippen LogP contribution in [0.3, 0.4) is 0 Å². The van der Waals surface area contributed by atoms with Gasteiger partial charge in [-0.2, -0.15) is 5.48 Å². The Bertz CT molecular complexity index is 1070. The second-order valence-corrected chi connectivity index (χ2v) is 9.85. The van der Waals surface area contributed by atoms with Gasteiger partial charge >= 0.3 is 0 Å². The summed E-state index contributed by atoms with van der Waals surface area (Å²) >= 11 is 6.20. The van der Waals surface area contributed by atoms with Gasteiger partial charge in [-0.05, 0) is 37.0 Å². The molecule has 2 aliphatic rings. The quantitative estimate of drug-likeness (QED) is 0.666. The molecule has 1 aliphatic heterocycles. The van der Waals surface area contributed by atoms with Crippen LogP contribution in [0.1, 0.15) is 68.9 Å². The third kappa shape index (κ3) is 3.54. The van der Waals surface area contributed by atoms with Crippen LogP contribution in [0.4, 0.5) is 0 Å². The highest BCUT2D eigenvalue weighted by atomic mass is 35.5. The topological polar surface area (TPSA) is 75.7 Å². The Morgan fingerprint density at radius 1 is 1.24 bits per heavy atom. The van der Waals surface area contributed by atoms with Gasteiger partial charge in [-0.3, -0.25) is 4.84 Å². The number of aromatic amines is 1. The van der Waals surface area contributed by atoms with Crippen LogP contribution in [-0.2, 0) is 16.7 Å². The van der Waals surface area contributed by atoms with Crippen molar-refractivity contribution in [3.8, 4) is 0 Å². The van der Waals surface area contributed by atoms with Crippen LogP contribution in [0.5, 0.6) is 0 Å². The number of nitrogens with one attached hydrogen (secondary N) is 2. The smallest absolute Gasteiger partial charge is 0.181 e. The van der Waals surface area contributed by atoms with E-state index in [1.54, 1.807) is 0 Å². The standard InChI is InChI=1S/C22H26ClN5O/c1-21(2,3)20-25-16(10-13-5-4-6-15(23)9-13)17-19(28-20)27-18(26-17)14-7-8-22(11-14)12-24-29-22/h4-6,9,14,24H,7-8,10-12H2,1-3H3,(H,25,26,27,28). The Labute approximate surface area is 175 Å². The Hall–Kier alpha value is -2.02. The summed E-state index contributed by atoms with van der Waals surface area (Å²) in [5, 5.41) is 0.736. The lowest BCUT2D eigenvalue weighted by molar-refractivity contribution is -0.200. The molecule has 1 spiro atoms. The maximum Gasteiger partial charge on any atom is 0.181 e. The van der Waals surface area contributed by atoms with Crippen LogP contribution < -0.4 is 5.48 Å². The van der Waals surface area contributed by atoms with Crippen molar-refractivity contribution in [3.63, 3.8) is 0 Å². The Balaban J connectivity index is 1.55. The molecule has 0 radical (unpaired) electrons. The van der Waals surface area contributed by atoms with Gasteiger partial charge in [0.25, 0.3) is 0 Å². The molecule has 2 aromatic heterocycles. The first-order chi connectivity index (χ1) is 13.8. The van der Waals surface area contributed by atoms with E-state index >= 15 is 0 Å². The molecule has 29 heavy (non-hydrogen) atoms. The van der Waals surface area contributed by atoms with E-state index in [9.17, 15) is 0 Å². The number of imidazole rings is 1. The summed E-state index contributed by atoms with van der Waals surface area (Å²) in [5.41, 5.74) is 6.57. The SMILES string of the molecule is CC(C)(C)c1nc(Cc2cccc(Cl)c2)c2[nH]c(C3CCC4(CNO4)C3)nc2n1. The van der Waals surface area contributed by atoms with Gasteiger partial charge in [-0.25, -0.2) is 15.0 Å². The minimum atomic E-state index is -0.154. The average Bonchev–Trinajstić information content (AvgIpc) is 3.25. The fraction of sp³-hybridized carbons (Fsp3) is 0.500. The Kier molecular flexibility index (Phi) is 4.42. The molecular weight excluding hydrogens is 386 g/mol. The zero-order valence-corrected chi connectivity index (χ0v) is 17.8. The largest absolute Gasteiger partial charge is 0.339 e. The summed E-state index contributed by atoms with van der Waals surface area (Å²) in [4.78, 5) is 23.9. The highest BCUT2D eigenvalue weighted by Crippen LogP contribution is 2.44. The summed E-state index contributed by atoms with van der Waals surface area (Å²) in [6, 6.07) is 7.94. The lowest BCUT2D eigenvalue weighted by Crippen LogP contribution is -2.55. The lowest BCUT2D eigenvalue weighted by atomic mass is 9.95. The van der Waals surface area contributed by atoms with Crippen molar-refractivity contribution >= 4 is 22.8 Å². The first kappa shape index (κ1) is 19.0. The van der Waals surface area contributed by atoms with Crippen LogP contribution >= 0.6 is 11.6 Å². The van der Waals surface area contributed by atoms with Gasteiger partial charge in [0.2, 0.25) is 0 Å². The molecule has 1 saturated carbocycles. The second-order valence-electron chi connectivity index (χ2n) is 9.42. The number of halogens is 1. The molecule has 3 aromatic rings. The predicted molar refractivity (Wildman–Crippen MR) is 113 cm³/mol. The molecule has 1 saturated heterocycles. The molecule has 1 aliphatic carbocycles. The van der Waals surface area contributed by atoms with Gasteiger partial charge in [-0.1, -0.05) is 44.5 Å². The lowest BCUT2D eigenvalue weighted by Gasteiger charge is -2.38. The van der Waals surface area contributed by atoms with Crippen LogP contribution in [0.2, 0.25) is 5.02 Å². The van der Waals surface area contributed by atoms with Gasteiger partial charge in [0.1, 0.15) is 22.8 Å². The molecule has 1 aromatic carbocycles. The van der Waals surface area contributed by atoms with Crippen LogP contribution in [-0.4, -0.2) is 32.1 Å². The van der Waals surface area contributed by atoms with E-state index in [-0.39, 0.29) is 11.0 Å². The van der Waals surface area contributed by atoms with E-state index in [4.69, 9.17) is 31.4 Å². The van der Waals surface area contributed by atoms with E-state index in [0.717, 1.165) is 64.9 Å².